The number of ether oxygens (including phenoxy) is 1. The molecule has 1 N–H and O–H groups in total. The molecule has 0 spiro atoms. The number of furan rings is 1. The molecule has 182 valence electrons. The van der Waals surface area contributed by atoms with Crippen molar-refractivity contribution in [2.45, 2.75) is 6.61 Å². The number of nitrogens with one attached hydrogen (secondary N) is 1. The lowest BCUT2D eigenvalue weighted by molar-refractivity contribution is -0.385. The highest BCUT2D eigenvalue weighted by Gasteiger charge is 2.15. The predicted octanol–water partition coefficient (Wildman–Crippen LogP) is 5.90. The highest BCUT2D eigenvalue weighted by Crippen LogP contribution is 2.34. The lowest BCUT2D eigenvalue weighted by Crippen LogP contribution is -2.16. The Morgan fingerprint density at radius 2 is 1.69 bits per heavy atom. The zero-order chi connectivity index (χ0) is 25.8. The molecule has 36 heavy (non-hydrogen) atoms. The number of non-ortho nitro benzene ring substituents is 2. The Hall–Kier alpha value is -4.48. The van der Waals surface area contributed by atoms with Crippen LogP contribution < -0.4 is 10.2 Å². The van der Waals surface area contributed by atoms with Crippen molar-refractivity contribution in [2.24, 2.45) is 5.10 Å². The van der Waals surface area contributed by atoms with Crippen molar-refractivity contribution in [3.05, 3.63) is 108 Å². The standard InChI is InChI=1S/C23H14Cl2N4O7/c24-18-7-14(8-19(25)22(18)35-12-13-2-1-3-16(6-13)28(31)32)11-26-27-23(30)21-10-15-9-17(29(33)34)4-5-20(15)36-21/h1-11H,12H2,(H,27,30)/b26-11+. The molecule has 0 aliphatic heterocycles. The average Bonchev–Trinajstić information content (AvgIpc) is 3.27. The van der Waals surface area contributed by atoms with Crippen molar-refractivity contribution in [2.75, 3.05) is 0 Å². The number of hydrogen-bond donors (Lipinski definition) is 1. The third kappa shape index (κ3) is 5.59. The van der Waals surface area contributed by atoms with Crippen LogP contribution in [0.3, 0.4) is 0 Å². The van der Waals surface area contributed by atoms with E-state index in [9.17, 15) is 25.0 Å². The number of carbonyl (C=O) groups excluding carboxylic acids is 1. The van der Waals surface area contributed by atoms with Crippen LogP contribution in [0.1, 0.15) is 21.7 Å². The fourth-order valence-electron chi connectivity index (χ4n) is 3.18. The van der Waals surface area contributed by atoms with Crippen molar-refractivity contribution in [1.29, 1.82) is 0 Å². The molecule has 13 heteroatoms. The molecule has 0 saturated heterocycles. The van der Waals surface area contributed by atoms with E-state index in [1.807, 2.05) is 0 Å². The zero-order valence-corrected chi connectivity index (χ0v) is 19.5. The summed E-state index contributed by atoms with van der Waals surface area (Å²) in [6, 6.07) is 14.3. The fraction of sp³-hybridized carbons (Fsp3) is 0.0435. The van der Waals surface area contributed by atoms with E-state index in [0.717, 1.165) is 0 Å². The third-order valence-electron chi connectivity index (χ3n) is 4.84. The molecule has 1 heterocycles. The molecule has 0 aliphatic carbocycles. The Morgan fingerprint density at radius 1 is 1.00 bits per heavy atom. The third-order valence-corrected chi connectivity index (χ3v) is 5.40. The highest BCUT2D eigenvalue weighted by molar-refractivity contribution is 6.37. The second-order valence-corrected chi connectivity index (χ2v) is 8.13. The number of nitrogens with zero attached hydrogens (tertiary/aromatic N) is 3. The normalized spacial score (nSPS) is 11.1. The van der Waals surface area contributed by atoms with Gasteiger partial charge in [-0.1, -0.05) is 35.3 Å². The van der Waals surface area contributed by atoms with Crippen LogP contribution in [0.25, 0.3) is 11.0 Å². The van der Waals surface area contributed by atoms with E-state index in [1.165, 1.54) is 54.7 Å². The molecule has 4 rings (SSSR count). The van der Waals surface area contributed by atoms with Gasteiger partial charge in [0, 0.05) is 29.7 Å². The molecule has 0 fully saturated rings. The maximum atomic E-state index is 12.3. The maximum absolute atomic E-state index is 12.3. The van der Waals surface area contributed by atoms with Gasteiger partial charge in [0.15, 0.2) is 11.5 Å². The monoisotopic (exact) mass is 528 g/mol. The Labute approximate surface area is 212 Å². The van der Waals surface area contributed by atoms with Crippen molar-refractivity contribution >= 4 is 57.7 Å². The minimum atomic E-state index is -0.667. The van der Waals surface area contributed by atoms with Crippen LogP contribution in [0.15, 0.2) is 70.2 Å². The topological polar surface area (TPSA) is 150 Å². The molecule has 0 unspecified atom stereocenters. The van der Waals surface area contributed by atoms with Crippen LogP contribution in [0, 0.1) is 20.2 Å². The first-order chi connectivity index (χ1) is 17.2. The van der Waals surface area contributed by atoms with Gasteiger partial charge in [-0.3, -0.25) is 25.0 Å². The van der Waals surface area contributed by atoms with E-state index < -0.39 is 15.8 Å². The van der Waals surface area contributed by atoms with Crippen LogP contribution in [-0.4, -0.2) is 22.0 Å². The molecule has 0 bridgehead atoms. The van der Waals surface area contributed by atoms with E-state index in [2.05, 4.69) is 10.5 Å². The Bertz CT molecular complexity index is 1510. The van der Waals surface area contributed by atoms with Gasteiger partial charge in [-0.05, 0) is 35.4 Å². The van der Waals surface area contributed by atoms with Gasteiger partial charge in [-0.25, -0.2) is 5.43 Å². The van der Waals surface area contributed by atoms with Crippen molar-refractivity contribution in [3.63, 3.8) is 0 Å². The number of carbonyl (C=O) groups is 1. The number of halogens is 2. The van der Waals surface area contributed by atoms with Gasteiger partial charge in [0.2, 0.25) is 0 Å². The van der Waals surface area contributed by atoms with Crippen molar-refractivity contribution in [1.82, 2.24) is 5.43 Å². The van der Waals surface area contributed by atoms with Crippen LogP contribution >= 0.6 is 23.2 Å². The first-order valence-electron chi connectivity index (χ1n) is 10.1. The SMILES string of the molecule is O=C(N/N=C/c1cc(Cl)c(OCc2cccc([N+](=O)[O-])c2)c(Cl)c1)c1cc2cc([N+](=O)[O-])ccc2o1. The van der Waals surface area contributed by atoms with Gasteiger partial charge in [0.05, 0.1) is 26.1 Å². The largest absolute Gasteiger partial charge is 0.486 e. The van der Waals surface area contributed by atoms with Crippen LogP contribution in [0.5, 0.6) is 5.75 Å². The smallest absolute Gasteiger partial charge is 0.307 e. The molecule has 11 nitrogen and oxygen atoms in total. The second kappa shape index (κ2) is 10.4. The Morgan fingerprint density at radius 3 is 2.39 bits per heavy atom. The number of rotatable bonds is 8. The summed E-state index contributed by atoms with van der Waals surface area (Å²) in [6.45, 7) is 0.00523. The van der Waals surface area contributed by atoms with Crippen LogP contribution in [-0.2, 0) is 6.61 Å². The summed E-state index contributed by atoms with van der Waals surface area (Å²) in [4.78, 5) is 33.1. The molecule has 0 aliphatic rings. The summed E-state index contributed by atoms with van der Waals surface area (Å²) in [5.74, 6) is -0.565. The lowest BCUT2D eigenvalue weighted by Gasteiger charge is -2.11. The second-order valence-electron chi connectivity index (χ2n) is 7.32. The predicted molar refractivity (Wildman–Crippen MR) is 132 cm³/mol. The summed E-state index contributed by atoms with van der Waals surface area (Å²) in [5, 5.41) is 26.4. The molecular formula is C23H14Cl2N4O7. The first kappa shape index (κ1) is 24.6. The summed E-state index contributed by atoms with van der Waals surface area (Å²) >= 11 is 12.5. The number of amides is 1. The van der Waals surface area contributed by atoms with Gasteiger partial charge in [-0.15, -0.1) is 0 Å². The van der Waals surface area contributed by atoms with Gasteiger partial charge >= 0.3 is 5.91 Å². The Kier molecular flexibility index (Phi) is 7.13. The van der Waals surface area contributed by atoms with E-state index in [0.29, 0.717) is 22.1 Å². The highest BCUT2D eigenvalue weighted by atomic mass is 35.5. The van der Waals surface area contributed by atoms with Crippen molar-refractivity contribution in [3.8, 4) is 5.75 Å². The van der Waals surface area contributed by atoms with Gasteiger partial charge in [0.25, 0.3) is 11.4 Å². The van der Waals surface area contributed by atoms with Gasteiger partial charge in [0.1, 0.15) is 12.2 Å². The summed E-state index contributed by atoms with van der Waals surface area (Å²) in [5.41, 5.74) is 3.43. The quantitative estimate of drug-likeness (QED) is 0.170. The first-order valence-corrected chi connectivity index (χ1v) is 10.8. The minimum Gasteiger partial charge on any atom is -0.486 e. The summed E-state index contributed by atoms with van der Waals surface area (Å²) in [7, 11) is 0. The van der Waals surface area contributed by atoms with E-state index in [4.69, 9.17) is 32.4 Å². The Balaban J connectivity index is 1.41. The number of benzene rings is 3. The van der Waals surface area contributed by atoms with Crippen molar-refractivity contribution < 1.29 is 23.8 Å². The minimum absolute atomic E-state index is 0.00523. The number of fused-ring (bicyclic) bond motifs is 1. The van der Waals surface area contributed by atoms with E-state index in [1.54, 1.807) is 12.1 Å². The molecular weight excluding hydrogens is 515 g/mol. The summed E-state index contributed by atoms with van der Waals surface area (Å²) in [6.07, 6.45) is 1.30. The fourth-order valence-corrected chi connectivity index (χ4v) is 3.80. The van der Waals surface area contributed by atoms with Crippen LogP contribution in [0.2, 0.25) is 10.0 Å². The van der Waals surface area contributed by atoms with E-state index in [-0.39, 0.29) is 39.5 Å². The van der Waals surface area contributed by atoms with Gasteiger partial charge < -0.3 is 9.15 Å². The number of nitro groups is 2. The molecule has 4 aromatic rings. The molecule has 3 aromatic carbocycles. The lowest BCUT2D eigenvalue weighted by atomic mass is 10.2. The number of nitro benzene ring substituents is 2. The number of hydrogen-bond acceptors (Lipinski definition) is 8. The molecule has 1 amide bonds. The molecule has 1 aromatic heterocycles. The molecule has 0 saturated carbocycles. The maximum Gasteiger partial charge on any atom is 0.307 e. The summed E-state index contributed by atoms with van der Waals surface area (Å²) < 4.78 is 11.0. The van der Waals surface area contributed by atoms with Gasteiger partial charge in [-0.2, -0.15) is 5.10 Å². The molecule has 0 radical (unpaired) electrons. The molecule has 0 atom stereocenters. The number of hydrazone groups is 1. The van der Waals surface area contributed by atoms with Crippen LogP contribution in [0.4, 0.5) is 11.4 Å². The van der Waals surface area contributed by atoms with E-state index >= 15 is 0 Å². The zero-order valence-electron chi connectivity index (χ0n) is 18.0. The average molecular weight is 529 g/mol.